The van der Waals surface area contributed by atoms with Crippen molar-refractivity contribution in [2.75, 3.05) is 46.4 Å². The fourth-order valence-corrected chi connectivity index (χ4v) is 2.45. The van der Waals surface area contributed by atoms with Crippen molar-refractivity contribution < 1.29 is 4.74 Å². The van der Waals surface area contributed by atoms with E-state index in [-0.39, 0.29) is 5.60 Å². The molecule has 1 aliphatic heterocycles. The molecule has 0 aromatic carbocycles. The highest BCUT2D eigenvalue weighted by molar-refractivity contribution is 4.74. The summed E-state index contributed by atoms with van der Waals surface area (Å²) in [6, 6.07) is 0. The van der Waals surface area contributed by atoms with Gasteiger partial charge in [0.1, 0.15) is 0 Å². The lowest BCUT2D eigenvalue weighted by Crippen LogP contribution is -2.46. The summed E-state index contributed by atoms with van der Waals surface area (Å²) in [7, 11) is 1.81. The summed E-state index contributed by atoms with van der Waals surface area (Å²) in [5, 5.41) is 0. The van der Waals surface area contributed by atoms with Gasteiger partial charge in [0.25, 0.3) is 0 Å². The molecule has 1 fully saturated rings. The highest BCUT2D eigenvalue weighted by atomic mass is 16.5. The Labute approximate surface area is 113 Å². The average molecular weight is 256 g/mol. The van der Waals surface area contributed by atoms with E-state index in [1.807, 2.05) is 7.11 Å². The van der Waals surface area contributed by atoms with E-state index >= 15 is 0 Å². The fourth-order valence-electron chi connectivity index (χ4n) is 2.45. The van der Waals surface area contributed by atoms with Crippen LogP contribution in [0.3, 0.4) is 0 Å². The Morgan fingerprint density at radius 3 is 1.89 bits per heavy atom. The normalized spacial score (nSPS) is 19.3. The van der Waals surface area contributed by atoms with Crippen LogP contribution in [0.4, 0.5) is 0 Å². The summed E-state index contributed by atoms with van der Waals surface area (Å²) in [6.07, 6.45) is 5.06. The van der Waals surface area contributed by atoms with Gasteiger partial charge in [-0.15, -0.1) is 0 Å². The first-order chi connectivity index (χ1) is 8.57. The molecule has 1 aliphatic rings. The first-order valence-electron chi connectivity index (χ1n) is 7.57. The Kier molecular flexibility index (Phi) is 7.20. The second-order valence-corrected chi connectivity index (χ2v) is 6.10. The van der Waals surface area contributed by atoms with E-state index in [2.05, 4.69) is 30.6 Å². The van der Waals surface area contributed by atoms with E-state index in [0.29, 0.717) is 0 Å². The minimum atomic E-state index is 0.0446. The van der Waals surface area contributed by atoms with Gasteiger partial charge in [0.05, 0.1) is 5.60 Å². The molecule has 0 atom stereocenters. The second kappa shape index (κ2) is 8.13. The van der Waals surface area contributed by atoms with Crippen molar-refractivity contribution in [1.29, 1.82) is 0 Å². The van der Waals surface area contributed by atoms with Gasteiger partial charge in [0.2, 0.25) is 0 Å². The van der Waals surface area contributed by atoms with Gasteiger partial charge >= 0.3 is 0 Å². The number of nitrogens with zero attached hydrogens (tertiary/aromatic N) is 2. The quantitative estimate of drug-likeness (QED) is 0.664. The predicted molar refractivity (Wildman–Crippen MR) is 78.1 cm³/mol. The summed E-state index contributed by atoms with van der Waals surface area (Å²) in [5.41, 5.74) is 0.0446. The number of unbranched alkanes of at least 4 members (excludes halogenated alkanes) is 1. The van der Waals surface area contributed by atoms with Crippen LogP contribution in [0.25, 0.3) is 0 Å². The van der Waals surface area contributed by atoms with E-state index in [9.17, 15) is 0 Å². The van der Waals surface area contributed by atoms with Crippen molar-refractivity contribution in [2.45, 2.75) is 52.1 Å². The van der Waals surface area contributed by atoms with Gasteiger partial charge in [-0.1, -0.05) is 13.3 Å². The minimum absolute atomic E-state index is 0.0446. The first-order valence-corrected chi connectivity index (χ1v) is 7.57. The van der Waals surface area contributed by atoms with Gasteiger partial charge < -0.3 is 14.5 Å². The fraction of sp³-hybridized carbons (Fsp3) is 1.00. The third-order valence-corrected chi connectivity index (χ3v) is 4.10. The molecule has 0 aromatic rings. The molecule has 0 radical (unpaired) electrons. The highest BCUT2D eigenvalue weighted by Gasteiger charge is 2.19. The van der Waals surface area contributed by atoms with Crippen molar-refractivity contribution in [3.05, 3.63) is 0 Å². The van der Waals surface area contributed by atoms with E-state index in [1.54, 1.807) is 0 Å². The molecular weight excluding hydrogens is 224 g/mol. The lowest BCUT2D eigenvalue weighted by atomic mass is 10.0. The molecule has 0 spiro atoms. The van der Waals surface area contributed by atoms with Crippen LogP contribution in [0.1, 0.15) is 46.5 Å². The molecule has 0 saturated carbocycles. The summed E-state index contributed by atoms with van der Waals surface area (Å²) in [6.45, 7) is 14.2. The summed E-state index contributed by atoms with van der Waals surface area (Å²) < 4.78 is 5.46. The molecule has 1 heterocycles. The Morgan fingerprint density at radius 2 is 1.44 bits per heavy atom. The number of ether oxygens (including phenoxy) is 1. The molecule has 0 aliphatic carbocycles. The molecule has 1 rings (SSSR count). The van der Waals surface area contributed by atoms with Crippen molar-refractivity contribution in [2.24, 2.45) is 0 Å². The van der Waals surface area contributed by atoms with Crippen LogP contribution in [0, 0.1) is 0 Å². The zero-order valence-electron chi connectivity index (χ0n) is 12.9. The molecule has 3 nitrogen and oxygen atoms in total. The molecule has 0 unspecified atom stereocenters. The van der Waals surface area contributed by atoms with Crippen LogP contribution in [0.5, 0.6) is 0 Å². The molecule has 1 saturated heterocycles. The molecule has 18 heavy (non-hydrogen) atoms. The van der Waals surface area contributed by atoms with Crippen molar-refractivity contribution in [1.82, 2.24) is 9.80 Å². The number of hydrogen-bond donors (Lipinski definition) is 0. The van der Waals surface area contributed by atoms with Crippen molar-refractivity contribution in [3.63, 3.8) is 0 Å². The van der Waals surface area contributed by atoms with Crippen LogP contribution in [-0.2, 0) is 4.74 Å². The summed E-state index contributed by atoms with van der Waals surface area (Å²) in [4.78, 5) is 5.22. The monoisotopic (exact) mass is 256 g/mol. The topological polar surface area (TPSA) is 15.7 Å². The van der Waals surface area contributed by atoms with Crippen LogP contribution in [0.15, 0.2) is 0 Å². The maximum Gasteiger partial charge on any atom is 0.0623 e. The van der Waals surface area contributed by atoms with Gasteiger partial charge in [-0.25, -0.2) is 0 Å². The van der Waals surface area contributed by atoms with Gasteiger partial charge in [0.15, 0.2) is 0 Å². The molecule has 0 aromatic heterocycles. The smallest absolute Gasteiger partial charge is 0.0623 e. The standard InChI is InChI=1S/C15H32N2O/c1-5-6-9-16-11-13-17(14-12-16)10-7-8-15(2,3)18-4/h5-14H2,1-4H3. The third-order valence-electron chi connectivity index (χ3n) is 4.10. The molecule has 108 valence electrons. The van der Waals surface area contributed by atoms with Gasteiger partial charge in [0, 0.05) is 33.3 Å². The number of rotatable bonds is 8. The van der Waals surface area contributed by atoms with Crippen LogP contribution in [0.2, 0.25) is 0 Å². The zero-order chi connectivity index (χ0) is 13.4. The van der Waals surface area contributed by atoms with Crippen LogP contribution < -0.4 is 0 Å². The highest BCUT2D eigenvalue weighted by Crippen LogP contribution is 2.16. The van der Waals surface area contributed by atoms with Crippen LogP contribution >= 0.6 is 0 Å². The maximum atomic E-state index is 5.46. The lowest BCUT2D eigenvalue weighted by Gasteiger charge is -2.35. The van der Waals surface area contributed by atoms with E-state index in [0.717, 1.165) is 6.42 Å². The van der Waals surface area contributed by atoms with Crippen molar-refractivity contribution >= 4 is 0 Å². The van der Waals surface area contributed by atoms with E-state index in [1.165, 1.54) is 58.5 Å². The first kappa shape index (κ1) is 15.9. The van der Waals surface area contributed by atoms with Gasteiger partial charge in [-0.2, -0.15) is 0 Å². The Bertz CT molecular complexity index is 211. The number of piperazine rings is 1. The van der Waals surface area contributed by atoms with Crippen molar-refractivity contribution in [3.8, 4) is 0 Å². The third kappa shape index (κ3) is 6.17. The molecule has 3 heteroatoms. The maximum absolute atomic E-state index is 5.46. The predicted octanol–water partition coefficient (Wildman–Crippen LogP) is 2.61. The molecule has 0 N–H and O–H groups in total. The average Bonchev–Trinajstić information content (AvgIpc) is 2.38. The van der Waals surface area contributed by atoms with Crippen LogP contribution in [-0.4, -0.2) is 61.8 Å². The minimum Gasteiger partial charge on any atom is -0.379 e. The second-order valence-electron chi connectivity index (χ2n) is 6.10. The van der Waals surface area contributed by atoms with E-state index in [4.69, 9.17) is 4.74 Å². The van der Waals surface area contributed by atoms with Gasteiger partial charge in [-0.3, -0.25) is 0 Å². The summed E-state index contributed by atoms with van der Waals surface area (Å²) >= 11 is 0. The largest absolute Gasteiger partial charge is 0.379 e. The van der Waals surface area contributed by atoms with E-state index < -0.39 is 0 Å². The Hall–Kier alpha value is -0.120. The SMILES string of the molecule is CCCCN1CCN(CCCC(C)(C)OC)CC1. The van der Waals surface area contributed by atoms with Gasteiger partial charge in [-0.05, 0) is 46.2 Å². The molecule has 0 bridgehead atoms. The number of methoxy groups -OCH3 is 1. The summed E-state index contributed by atoms with van der Waals surface area (Å²) in [5.74, 6) is 0. The molecular formula is C15H32N2O. The molecule has 0 amide bonds. The number of hydrogen-bond acceptors (Lipinski definition) is 3. The zero-order valence-corrected chi connectivity index (χ0v) is 12.9. The Morgan fingerprint density at radius 1 is 0.944 bits per heavy atom. The lowest BCUT2D eigenvalue weighted by molar-refractivity contribution is 0.0106. The Balaban J connectivity index is 2.09.